The molecule has 2 aliphatic carbocycles. The summed E-state index contributed by atoms with van der Waals surface area (Å²) >= 11 is 0. The molecule has 0 bridgehead atoms. The van der Waals surface area contributed by atoms with E-state index >= 15 is 0 Å². The Balaban J connectivity index is 1.51. The van der Waals surface area contributed by atoms with Crippen LogP contribution < -0.4 is 5.32 Å². The first-order valence-corrected chi connectivity index (χ1v) is 10.7. The van der Waals surface area contributed by atoms with E-state index in [0.29, 0.717) is 24.7 Å². The fourth-order valence-corrected chi connectivity index (χ4v) is 3.79. The van der Waals surface area contributed by atoms with Gasteiger partial charge >= 0.3 is 0 Å². The second-order valence-corrected chi connectivity index (χ2v) is 8.41. The number of hydrogen-bond donors (Lipinski definition) is 1. The lowest BCUT2D eigenvalue weighted by molar-refractivity contribution is -0.131. The molecular weight excluding hydrogens is 342 g/mol. The summed E-state index contributed by atoms with van der Waals surface area (Å²) in [6, 6.07) is 0.161. The zero-order valence-corrected chi connectivity index (χ0v) is 17.3. The summed E-state index contributed by atoms with van der Waals surface area (Å²) in [6.07, 6.45) is 9.35. The van der Waals surface area contributed by atoms with Crippen LogP contribution in [0.1, 0.15) is 72.1 Å². The summed E-state index contributed by atoms with van der Waals surface area (Å²) in [4.78, 5) is 23.8. The molecule has 2 rings (SSSR count). The number of allylic oxidation sites excluding steroid dienone is 1. The highest BCUT2D eigenvalue weighted by Crippen LogP contribution is 2.30. The summed E-state index contributed by atoms with van der Waals surface area (Å²) in [5, 5.41) is 3.00. The molecule has 0 aromatic carbocycles. The minimum absolute atomic E-state index is 0.0191. The Morgan fingerprint density at radius 3 is 2.52 bits per heavy atom. The van der Waals surface area contributed by atoms with Crippen LogP contribution in [0.4, 0.5) is 0 Å². The number of carbonyl (C=O) groups excluding carboxylic acids is 2. The number of ether oxygens (including phenoxy) is 2. The molecule has 0 aromatic heterocycles. The summed E-state index contributed by atoms with van der Waals surface area (Å²) in [7, 11) is 0. The van der Waals surface area contributed by atoms with Crippen molar-refractivity contribution in [3.05, 3.63) is 11.8 Å². The van der Waals surface area contributed by atoms with Crippen LogP contribution in [0.5, 0.6) is 0 Å². The number of nitrogens with one attached hydrogen (secondary N) is 1. The number of carbonyl (C=O) groups is 2. The first kappa shape index (κ1) is 21.9. The molecule has 2 aliphatic rings. The van der Waals surface area contributed by atoms with E-state index in [9.17, 15) is 9.59 Å². The van der Waals surface area contributed by atoms with Gasteiger partial charge in [-0.2, -0.15) is 0 Å². The Morgan fingerprint density at radius 2 is 1.89 bits per heavy atom. The Morgan fingerprint density at radius 1 is 1.19 bits per heavy atom. The van der Waals surface area contributed by atoms with Gasteiger partial charge in [-0.1, -0.05) is 20.8 Å². The van der Waals surface area contributed by atoms with Crippen molar-refractivity contribution in [1.82, 2.24) is 5.32 Å². The highest BCUT2D eigenvalue weighted by atomic mass is 16.5. The van der Waals surface area contributed by atoms with Crippen LogP contribution in [0.15, 0.2) is 11.8 Å². The van der Waals surface area contributed by atoms with Crippen molar-refractivity contribution in [2.24, 2.45) is 17.8 Å². The first-order valence-electron chi connectivity index (χ1n) is 10.7. The van der Waals surface area contributed by atoms with Gasteiger partial charge in [-0.15, -0.1) is 0 Å². The van der Waals surface area contributed by atoms with E-state index in [1.165, 1.54) is 5.57 Å². The number of Topliss-reactive ketones (excluding diaryl/α,β-unsaturated/α-hetero) is 1. The van der Waals surface area contributed by atoms with Crippen LogP contribution in [0.3, 0.4) is 0 Å². The van der Waals surface area contributed by atoms with Crippen LogP contribution >= 0.6 is 0 Å². The van der Waals surface area contributed by atoms with Crippen molar-refractivity contribution < 1.29 is 19.1 Å². The molecular formula is C22H37NO4. The summed E-state index contributed by atoms with van der Waals surface area (Å²) in [5.74, 6) is 1.24. The average molecular weight is 380 g/mol. The van der Waals surface area contributed by atoms with Crippen molar-refractivity contribution >= 4 is 11.7 Å². The monoisotopic (exact) mass is 379 g/mol. The topological polar surface area (TPSA) is 64.6 Å². The molecule has 27 heavy (non-hydrogen) atoms. The standard InChI is InChI=1S/C22H37NO4/c1-4-10-26-14-17-5-7-18(8-6-17)15-27-11-9-21(24)23-20-12-19(13-20)22(25)16(2)3/h15-17,19-20H,4-14H2,1-3H3,(H,23,24). The highest BCUT2D eigenvalue weighted by molar-refractivity contribution is 5.84. The van der Waals surface area contributed by atoms with Gasteiger partial charge < -0.3 is 14.8 Å². The summed E-state index contributed by atoms with van der Waals surface area (Å²) in [5.41, 5.74) is 1.34. The zero-order chi connectivity index (χ0) is 19.6. The minimum atomic E-state index is 0.0191. The largest absolute Gasteiger partial charge is 0.501 e. The third-order valence-corrected chi connectivity index (χ3v) is 5.62. The van der Waals surface area contributed by atoms with Gasteiger partial charge in [0.15, 0.2) is 0 Å². The summed E-state index contributed by atoms with van der Waals surface area (Å²) < 4.78 is 11.2. The van der Waals surface area contributed by atoms with Gasteiger partial charge in [0.1, 0.15) is 5.78 Å². The van der Waals surface area contributed by atoms with Crippen molar-refractivity contribution in [3.63, 3.8) is 0 Å². The highest BCUT2D eigenvalue weighted by Gasteiger charge is 2.35. The maximum absolute atomic E-state index is 12.0. The number of amides is 1. The Labute approximate surface area is 164 Å². The molecule has 154 valence electrons. The van der Waals surface area contributed by atoms with Crippen molar-refractivity contribution in [2.45, 2.75) is 78.2 Å². The fourth-order valence-electron chi connectivity index (χ4n) is 3.79. The van der Waals surface area contributed by atoms with E-state index in [2.05, 4.69) is 12.2 Å². The van der Waals surface area contributed by atoms with E-state index in [4.69, 9.17) is 9.47 Å². The molecule has 2 saturated carbocycles. The van der Waals surface area contributed by atoms with E-state index in [1.807, 2.05) is 20.1 Å². The van der Waals surface area contributed by atoms with Gasteiger partial charge in [-0.25, -0.2) is 0 Å². The van der Waals surface area contributed by atoms with Gasteiger partial charge in [0.25, 0.3) is 0 Å². The predicted octanol–water partition coefficient (Wildman–Crippen LogP) is 4.01. The van der Waals surface area contributed by atoms with Gasteiger partial charge in [-0.05, 0) is 56.4 Å². The number of rotatable bonds is 11. The predicted molar refractivity (Wildman–Crippen MR) is 106 cm³/mol. The fraction of sp³-hybridized carbons (Fsp3) is 0.818. The zero-order valence-electron chi connectivity index (χ0n) is 17.3. The van der Waals surface area contributed by atoms with Crippen LogP contribution in [-0.4, -0.2) is 37.6 Å². The molecule has 2 fully saturated rings. The first-order chi connectivity index (χ1) is 13.0. The number of ketones is 1. The molecule has 1 N–H and O–H groups in total. The van der Waals surface area contributed by atoms with E-state index in [1.54, 1.807) is 0 Å². The molecule has 0 atom stereocenters. The molecule has 0 heterocycles. The molecule has 0 spiro atoms. The van der Waals surface area contributed by atoms with Crippen LogP contribution in [-0.2, 0) is 19.1 Å². The Bertz CT molecular complexity index is 498. The van der Waals surface area contributed by atoms with Gasteiger partial charge in [0.05, 0.1) is 19.3 Å². The second-order valence-electron chi connectivity index (χ2n) is 8.41. The lowest BCUT2D eigenvalue weighted by atomic mass is 9.75. The maximum Gasteiger partial charge on any atom is 0.223 e. The van der Waals surface area contributed by atoms with Gasteiger partial charge in [0.2, 0.25) is 5.91 Å². The normalized spacial score (nSPS) is 25.0. The van der Waals surface area contributed by atoms with Crippen molar-refractivity contribution in [1.29, 1.82) is 0 Å². The van der Waals surface area contributed by atoms with E-state index in [-0.39, 0.29) is 23.8 Å². The lowest BCUT2D eigenvalue weighted by Crippen LogP contribution is -2.47. The smallest absolute Gasteiger partial charge is 0.223 e. The SMILES string of the molecule is CCCOCC1CCC(=COCCC(=O)NC2CC(C(=O)C(C)C)C2)CC1. The maximum atomic E-state index is 12.0. The van der Waals surface area contributed by atoms with Crippen molar-refractivity contribution in [3.8, 4) is 0 Å². The van der Waals surface area contributed by atoms with Gasteiger partial charge in [-0.3, -0.25) is 9.59 Å². The molecule has 0 unspecified atom stereocenters. The van der Waals surface area contributed by atoms with Crippen LogP contribution in [0, 0.1) is 17.8 Å². The van der Waals surface area contributed by atoms with Crippen molar-refractivity contribution in [2.75, 3.05) is 19.8 Å². The second kappa shape index (κ2) is 11.5. The molecule has 0 radical (unpaired) electrons. The molecule has 0 aliphatic heterocycles. The Kier molecular flexibility index (Phi) is 9.32. The van der Waals surface area contributed by atoms with Gasteiger partial charge in [0, 0.05) is 31.1 Å². The average Bonchev–Trinajstić information content (AvgIpc) is 2.62. The summed E-state index contributed by atoms with van der Waals surface area (Å²) in [6.45, 7) is 8.17. The van der Waals surface area contributed by atoms with Crippen LogP contribution in [0.2, 0.25) is 0 Å². The van der Waals surface area contributed by atoms with E-state index < -0.39 is 0 Å². The number of hydrogen-bond acceptors (Lipinski definition) is 4. The molecule has 5 nitrogen and oxygen atoms in total. The minimum Gasteiger partial charge on any atom is -0.501 e. The molecule has 0 saturated heterocycles. The van der Waals surface area contributed by atoms with E-state index in [0.717, 1.165) is 58.2 Å². The third-order valence-electron chi connectivity index (χ3n) is 5.62. The molecule has 5 heteroatoms. The quantitative estimate of drug-likeness (QED) is 0.435. The molecule has 1 amide bonds. The third kappa shape index (κ3) is 7.65. The van der Waals surface area contributed by atoms with Crippen LogP contribution in [0.25, 0.3) is 0 Å². The lowest BCUT2D eigenvalue weighted by Gasteiger charge is -2.35. The molecule has 0 aromatic rings. The Hall–Kier alpha value is -1.36.